The van der Waals surface area contributed by atoms with E-state index in [9.17, 15) is 4.79 Å². The number of rotatable bonds is 8. The lowest BCUT2D eigenvalue weighted by Gasteiger charge is -2.21. The molecule has 1 aromatic heterocycles. The Bertz CT molecular complexity index is 607. The van der Waals surface area contributed by atoms with E-state index in [0.717, 1.165) is 37.3 Å². The molecule has 1 fully saturated rings. The van der Waals surface area contributed by atoms with Crippen LogP contribution in [0, 0.1) is 0 Å². The van der Waals surface area contributed by atoms with E-state index in [1.54, 1.807) is 6.26 Å². The van der Waals surface area contributed by atoms with Crippen LogP contribution in [0.2, 0.25) is 0 Å². The first-order valence-corrected chi connectivity index (χ1v) is 8.58. The Morgan fingerprint density at radius 2 is 2.04 bits per heavy atom. The van der Waals surface area contributed by atoms with E-state index < -0.39 is 0 Å². The van der Waals surface area contributed by atoms with Crippen LogP contribution in [-0.4, -0.2) is 36.6 Å². The number of carbonyl (C=O) groups excluding carboxylic acids is 1. The first-order chi connectivity index (χ1) is 11.8. The fraction of sp³-hybridized carbons (Fsp3) is 0.421. The second-order valence-electron chi connectivity index (χ2n) is 6.18. The van der Waals surface area contributed by atoms with E-state index in [1.807, 2.05) is 47.4 Å². The summed E-state index contributed by atoms with van der Waals surface area (Å²) in [5.41, 5.74) is 1.12. The third-order valence-corrected chi connectivity index (χ3v) is 4.27. The van der Waals surface area contributed by atoms with Crippen molar-refractivity contribution in [3.05, 3.63) is 60.1 Å². The number of carbonyl (C=O) groups is 1. The predicted octanol–water partition coefficient (Wildman–Crippen LogP) is 1.55. The minimum Gasteiger partial charge on any atom is -0.467 e. The third-order valence-electron chi connectivity index (χ3n) is 4.27. The van der Waals surface area contributed by atoms with E-state index in [1.165, 1.54) is 0 Å². The summed E-state index contributed by atoms with van der Waals surface area (Å²) in [5, 5.41) is 2.05. The number of quaternary nitrogens is 1. The molecular weight excluding hydrogens is 304 g/mol. The van der Waals surface area contributed by atoms with Crippen molar-refractivity contribution >= 4 is 5.91 Å². The standard InChI is InChI=1S/C19H24N2O3/c22-19(13-20-12-17-8-4-10-23-17)21(15-18-9-5-11-24-18)14-16-6-2-1-3-7-16/h1-3,5-7,9,11,17,20H,4,8,10,12-15H2/p+1/t17-/m0/s1. The summed E-state index contributed by atoms with van der Waals surface area (Å²) in [6.45, 7) is 3.23. The number of hydrogen-bond donors (Lipinski definition) is 1. The van der Waals surface area contributed by atoms with Gasteiger partial charge in [0.2, 0.25) is 0 Å². The van der Waals surface area contributed by atoms with Crippen molar-refractivity contribution in [2.75, 3.05) is 19.7 Å². The molecule has 2 heterocycles. The number of benzene rings is 1. The third kappa shape index (κ3) is 4.94. The van der Waals surface area contributed by atoms with Crippen LogP contribution < -0.4 is 5.32 Å². The van der Waals surface area contributed by atoms with Crippen molar-refractivity contribution in [2.45, 2.75) is 32.0 Å². The molecule has 5 nitrogen and oxygen atoms in total. The van der Waals surface area contributed by atoms with Crippen molar-refractivity contribution in [1.29, 1.82) is 0 Å². The van der Waals surface area contributed by atoms with E-state index >= 15 is 0 Å². The molecule has 1 amide bonds. The smallest absolute Gasteiger partial charge is 0.278 e. The zero-order valence-corrected chi connectivity index (χ0v) is 13.9. The quantitative estimate of drug-likeness (QED) is 0.799. The summed E-state index contributed by atoms with van der Waals surface area (Å²) in [5.74, 6) is 0.923. The Morgan fingerprint density at radius 3 is 2.75 bits per heavy atom. The van der Waals surface area contributed by atoms with E-state index in [4.69, 9.17) is 9.15 Å². The Labute approximate surface area is 142 Å². The van der Waals surface area contributed by atoms with Gasteiger partial charge in [-0.2, -0.15) is 0 Å². The average Bonchev–Trinajstić information content (AvgIpc) is 3.29. The van der Waals surface area contributed by atoms with E-state index in [2.05, 4.69) is 5.32 Å². The first-order valence-electron chi connectivity index (χ1n) is 8.58. The highest BCUT2D eigenvalue weighted by Gasteiger charge is 2.20. The van der Waals surface area contributed by atoms with Gasteiger partial charge in [0.25, 0.3) is 5.91 Å². The summed E-state index contributed by atoms with van der Waals surface area (Å²) in [6, 6.07) is 13.8. The van der Waals surface area contributed by atoms with E-state index in [-0.39, 0.29) is 5.91 Å². The van der Waals surface area contributed by atoms with Crippen molar-refractivity contribution in [3.63, 3.8) is 0 Å². The molecule has 128 valence electrons. The average molecular weight is 329 g/mol. The van der Waals surface area contributed by atoms with Gasteiger partial charge in [-0.3, -0.25) is 4.79 Å². The zero-order valence-electron chi connectivity index (χ0n) is 13.9. The van der Waals surface area contributed by atoms with Crippen LogP contribution in [0.15, 0.2) is 53.1 Å². The lowest BCUT2D eigenvalue weighted by molar-refractivity contribution is -0.650. The lowest BCUT2D eigenvalue weighted by atomic mass is 10.2. The number of nitrogens with zero attached hydrogens (tertiary/aromatic N) is 1. The van der Waals surface area contributed by atoms with E-state index in [0.29, 0.717) is 25.7 Å². The molecule has 24 heavy (non-hydrogen) atoms. The highest BCUT2D eigenvalue weighted by molar-refractivity contribution is 5.76. The molecule has 5 heteroatoms. The van der Waals surface area contributed by atoms with Crippen molar-refractivity contribution in [2.24, 2.45) is 0 Å². The summed E-state index contributed by atoms with van der Waals surface area (Å²) in [6.07, 6.45) is 4.17. The molecule has 0 saturated carbocycles. The van der Waals surface area contributed by atoms with Gasteiger partial charge >= 0.3 is 0 Å². The zero-order chi connectivity index (χ0) is 16.6. The monoisotopic (exact) mass is 329 g/mol. The highest BCUT2D eigenvalue weighted by Crippen LogP contribution is 2.11. The molecule has 3 rings (SSSR count). The van der Waals surface area contributed by atoms with Crippen LogP contribution in [-0.2, 0) is 22.6 Å². The van der Waals surface area contributed by atoms with Crippen molar-refractivity contribution in [3.8, 4) is 0 Å². The van der Waals surface area contributed by atoms with Crippen molar-refractivity contribution < 1.29 is 19.3 Å². The molecule has 0 spiro atoms. The molecule has 0 unspecified atom stereocenters. The molecule has 1 aliphatic heterocycles. The van der Waals surface area contributed by atoms with Crippen LogP contribution in [0.5, 0.6) is 0 Å². The largest absolute Gasteiger partial charge is 0.467 e. The lowest BCUT2D eigenvalue weighted by Crippen LogP contribution is -2.88. The number of ether oxygens (including phenoxy) is 1. The summed E-state index contributed by atoms with van der Waals surface area (Å²) < 4.78 is 11.0. The van der Waals surface area contributed by atoms with Gasteiger partial charge < -0.3 is 19.4 Å². The Kier molecular flexibility index (Phi) is 6.04. The number of hydrogen-bond acceptors (Lipinski definition) is 3. The maximum Gasteiger partial charge on any atom is 0.278 e. The van der Waals surface area contributed by atoms with Gasteiger partial charge in [0.1, 0.15) is 18.4 Å². The maximum absolute atomic E-state index is 12.7. The molecule has 0 aliphatic carbocycles. The molecule has 1 aromatic carbocycles. The second-order valence-corrected chi connectivity index (χ2v) is 6.18. The fourth-order valence-electron chi connectivity index (χ4n) is 2.98. The Morgan fingerprint density at radius 1 is 1.17 bits per heavy atom. The van der Waals surface area contributed by atoms with Crippen LogP contribution in [0.25, 0.3) is 0 Å². The topological polar surface area (TPSA) is 59.3 Å². The van der Waals surface area contributed by atoms with Crippen LogP contribution >= 0.6 is 0 Å². The molecule has 0 radical (unpaired) electrons. The minimum absolute atomic E-state index is 0.119. The summed E-state index contributed by atoms with van der Waals surface area (Å²) in [7, 11) is 0. The molecule has 1 saturated heterocycles. The predicted molar refractivity (Wildman–Crippen MR) is 90.0 cm³/mol. The van der Waals surface area contributed by atoms with Gasteiger partial charge in [0, 0.05) is 13.2 Å². The Balaban J connectivity index is 1.56. The normalized spacial score (nSPS) is 17.1. The van der Waals surface area contributed by atoms with Gasteiger partial charge in [-0.15, -0.1) is 0 Å². The van der Waals surface area contributed by atoms with Gasteiger partial charge in [-0.1, -0.05) is 30.3 Å². The maximum atomic E-state index is 12.7. The molecule has 0 bridgehead atoms. The number of nitrogens with two attached hydrogens (primary N) is 1. The molecular formula is C19H25N2O3+. The highest BCUT2D eigenvalue weighted by atomic mass is 16.5. The van der Waals surface area contributed by atoms with Crippen LogP contribution in [0.3, 0.4) is 0 Å². The molecule has 1 atom stereocenters. The SMILES string of the molecule is O=C(C[NH2+]C[C@@H]1CCCO1)N(Cc1ccccc1)Cc1ccco1. The van der Waals surface area contributed by atoms with Crippen LogP contribution in [0.4, 0.5) is 0 Å². The van der Waals surface area contributed by atoms with Gasteiger partial charge in [-0.25, -0.2) is 0 Å². The molecule has 2 aromatic rings. The summed E-state index contributed by atoms with van der Waals surface area (Å²) >= 11 is 0. The number of furan rings is 1. The first kappa shape index (κ1) is 16.7. The summed E-state index contributed by atoms with van der Waals surface area (Å²) in [4.78, 5) is 14.5. The van der Waals surface area contributed by atoms with Gasteiger partial charge in [-0.05, 0) is 30.5 Å². The van der Waals surface area contributed by atoms with Crippen LogP contribution in [0.1, 0.15) is 24.2 Å². The molecule has 2 N–H and O–H groups in total. The van der Waals surface area contributed by atoms with Gasteiger partial charge in [0.15, 0.2) is 6.54 Å². The molecule has 1 aliphatic rings. The van der Waals surface area contributed by atoms with Crippen molar-refractivity contribution in [1.82, 2.24) is 4.90 Å². The number of amides is 1. The second kappa shape index (κ2) is 8.66. The fourth-order valence-corrected chi connectivity index (χ4v) is 2.98. The van der Waals surface area contributed by atoms with Gasteiger partial charge in [0.05, 0.1) is 12.8 Å². The Hall–Kier alpha value is -2.11. The minimum atomic E-state index is 0.119.